The first-order chi connectivity index (χ1) is 7.83. The summed E-state index contributed by atoms with van der Waals surface area (Å²) < 4.78 is 0. The van der Waals surface area contributed by atoms with Gasteiger partial charge in [0.1, 0.15) is 0 Å². The summed E-state index contributed by atoms with van der Waals surface area (Å²) in [6.45, 7) is 0.790. The summed E-state index contributed by atoms with van der Waals surface area (Å²) in [4.78, 5) is 11.5. The van der Waals surface area contributed by atoms with Crippen molar-refractivity contribution in [3.63, 3.8) is 0 Å². The number of amides is 1. The summed E-state index contributed by atoms with van der Waals surface area (Å²) in [5, 5.41) is 3.98. The molecule has 0 atom stereocenters. The molecule has 1 N–H and O–H groups in total. The summed E-state index contributed by atoms with van der Waals surface area (Å²) in [6.07, 6.45) is 3.89. The first kappa shape index (κ1) is 13.2. The highest BCUT2D eigenvalue weighted by atomic mass is 79.9. The van der Waals surface area contributed by atoms with E-state index in [9.17, 15) is 4.79 Å². The molecule has 0 bridgehead atoms. The fourth-order valence-corrected chi connectivity index (χ4v) is 1.86. The Labute approximate surface area is 106 Å². The van der Waals surface area contributed by atoms with Crippen LogP contribution in [0.2, 0.25) is 0 Å². The Bertz CT molecular complexity index is 300. The van der Waals surface area contributed by atoms with Crippen molar-refractivity contribution in [2.75, 3.05) is 11.9 Å². The second-order valence-electron chi connectivity index (χ2n) is 3.76. The van der Waals surface area contributed by atoms with Crippen LogP contribution in [0.5, 0.6) is 0 Å². The third kappa shape index (κ3) is 5.91. The summed E-state index contributed by atoms with van der Waals surface area (Å²) in [6, 6.07) is 9.83. The Hall–Kier alpha value is -0.830. The van der Waals surface area contributed by atoms with Crippen molar-refractivity contribution in [1.29, 1.82) is 0 Å². The van der Waals surface area contributed by atoms with E-state index in [1.54, 1.807) is 0 Å². The summed E-state index contributed by atoms with van der Waals surface area (Å²) in [5.41, 5.74) is 1.07. The monoisotopic (exact) mass is 283 g/mol. The fourth-order valence-electron chi connectivity index (χ4n) is 1.47. The molecule has 2 nitrogen and oxygen atoms in total. The van der Waals surface area contributed by atoms with Crippen LogP contribution in [-0.2, 0) is 11.2 Å². The van der Waals surface area contributed by atoms with Gasteiger partial charge in [0.15, 0.2) is 0 Å². The molecule has 1 aromatic carbocycles. The Kier molecular flexibility index (Phi) is 6.90. The largest absolute Gasteiger partial charge is 0.356 e. The SMILES string of the molecule is O=C(Cc1ccccc1)NCCCCCBr. The van der Waals surface area contributed by atoms with E-state index in [4.69, 9.17) is 0 Å². The molecule has 0 aliphatic carbocycles. The molecule has 0 aliphatic heterocycles. The van der Waals surface area contributed by atoms with Crippen LogP contribution < -0.4 is 5.32 Å². The normalized spacial score (nSPS) is 10.1. The lowest BCUT2D eigenvalue weighted by Crippen LogP contribution is -2.26. The number of rotatable bonds is 7. The molecule has 0 saturated carbocycles. The van der Waals surface area contributed by atoms with Crippen LogP contribution in [0.3, 0.4) is 0 Å². The molecule has 0 heterocycles. The van der Waals surface area contributed by atoms with Crippen molar-refractivity contribution in [2.45, 2.75) is 25.7 Å². The number of carbonyl (C=O) groups excluding carboxylic acids is 1. The van der Waals surface area contributed by atoms with Gasteiger partial charge in [0.05, 0.1) is 6.42 Å². The molecular formula is C13H18BrNO. The van der Waals surface area contributed by atoms with Gasteiger partial charge in [-0.05, 0) is 18.4 Å². The molecule has 16 heavy (non-hydrogen) atoms. The molecule has 0 saturated heterocycles. The van der Waals surface area contributed by atoms with Crippen molar-refractivity contribution in [3.8, 4) is 0 Å². The minimum atomic E-state index is 0.116. The Morgan fingerprint density at radius 2 is 1.88 bits per heavy atom. The molecule has 0 spiro atoms. The minimum Gasteiger partial charge on any atom is -0.356 e. The predicted octanol–water partition coefficient (Wildman–Crippen LogP) is 2.91. The summed E-state index contributed by atoms with van der Waals surface area (Å²) in [5.74, 6) is 0.116. The minimum absolute atomic E-state index is 0.116. The lowest BCUT2D eigenvalue weighted by Gasteiger charge is -2.04. The van der Waals surface area contributed by atoms with Gasteiger partial charge in [-0.25, -0.2) is 0 Å². The molecule has 0 fully saturated rings. The van der Waals surface area contributed by atoms with E-state index in [0.717, 1.165) is 30.3 Å². The van der Waals surface area contributed by atoms with Crippen LogP contribution in [-0.4, -0.2) is 17.8 Å². The predicted molar refractivity (Wildman–Crippen MR) is 70.8 cm³/mol. The summed E-state index contributed by atoms with van der Waals surface area (Å²) >= 11 is 3.39. The number of unbranched alkanes of at least 4 members (excludes halogenated alkanes) is 2. The third-order valence-corrected chi connectivity index (χ3v) is 2.90. The van der Waals surface area contributed by atoms with Crippen LogP contribution in [0.1, 0.15) is 24.8 Å². The van der Waals surface area contributed by atoms with E-state index in [0.29, 0.717) is 6.42 Å². The first-order valence-electron chi connectivity index (χ1n) is 5.69. The fraction of sp³-hybridized carbons (Fsp3) is 0.462. The van der Waals surface area contributed by atoms with E-state index in [-0.39, 0.29) is 5.91 Å². The highest BCUT2D eigenvalue weighted by Crippen LogP contribution is 2.00. The molecule has 1 aromatic rings. The first-order valence-corrected chi connectivity index (χ1v) is 6.81. The van der Waals surface area contributed by atoms with E-state index in [2.05, 4.69) is 21.2 Å². The van der Waals surface area contributed by atoms with E-state index >= 15 is 0 Å². The topological polar surface area (TPSA) is 29.1 Å². The molecule has 88 valence electrons. The quantitative estimate of drug-likeness (QED) is 0.605. The van der Waals surface area contributed by atoms with Crippen LogP contribution in [0, 0.1) is 0 Å². The molecule has 1 amide bonds. The molecule has 3 heteroatoms. The average Bonchev–Trinajstić information content (AvgIpc) is 2.30. The van der Waals surface area contributed by atoms with Gasteiger partial charge >= 0.3 is 0 Å². The van der Waals surface area contributed by atoms with Gasteiger partial charge in [-0.1, -0.05) is 52.7 Å². The van der Waals surface area contributed by atoms with Gasteiger partial charge in [-0.15, -0.1) is 0 Å². The number of nitrogens with one attached hydrogen (secondary N) is 1. The molecule has 0 radical (unpaired) electrons. The van der Waals surface area contributed by atoms with Gasteiger partial charge in [0.25, 0.3) is 0 Å². The standard InChI is InChI=1S/C13H18BrNO/c14-9-5-2-6-10-15-13(16)11-12-7-3-1-4-8-12/h1,3-4,7-8H,2,5-6,9-11H2,(H,15,16). The smallest absolute Gasteiger partial charge is 0.224 e. The third-order valence-electron chi connectivity index (χ3n) is 2.34. The van der Waals surface area contributed by atoms with Gasteiger partial charge < -0.3 is 5.32 Å². The Morgan fingerprint density at radius 1 is 1.12 bits per heavy atom. The molecule has 0 unspecified atom stereocenters. The number of hydrogen-bond acceptors (Lipinski definition) is 1. The van der Waals surface area contributed by atoms with E-state index in [1.165, 1.54) is 6.42 Å². The van der Waals surface area contributed by atoms with Crippen molar-refractivity contribution >= 4 is 21.8 Å². The van der Waals surface area contributed by atoms with Crippen molar-refractivity contribution in [2.24, 2.45) is 0 Å². The maximum Gasteiger partial charge on any atom is 0.224 e. The number of halogens is 1. The van der Waals surface area contributed by atoms with Crippen LogP contribution in [0.25, 0.3) is 0 Å². The van der Waals surface area contributed by atoms with Crippen molar-refractivity contribution in [1.82, 2.24) is 5.32 Å². The van der Waals surface area contributed by atoms with Crippen LogP contribution in [0.4, 0.5) is 0 Å². The Morgan fingerprint density at radius 3 is 2.56 bits per heavy atom. The Balaban J connectivity index is 2.12. The molecule has 1 rings (SSSR count). The second-order valence-corrected chi connectivity index (χ2v) is 4.55. The highest BCUT2D eigenvalue weighted by Gasteiger charge is 2.01. The van der Waals surface area contributed by atoms with Gasteiger partial charge in [0.2, 0.25) is 5.91 Å². The number of hydrogen-bond donors (Lipinski definition) is 1. The maximum atomic E-state index is 11.5. The number of carbonyl (C=O) groups is 1. The van der Waals surface area contributed by atoms with Gasteiger partial charge in [0, 0.05) is 11.9 Å². The zero-order chi connectivity index (χ0) is 11.6. The molecule has 0 aromatic heterocycles. The summed E-state index contributed by atoms with van der Waals surface area (Å²) in [7, 11) is 0. The van der Waals surface area contributed by atoms with Crippen molar-refractivity contribution in [3.05, 3.63) is 35.9 Å². The molecule has 0 aliphatic rings. The zero-order valence-electron chi connectivity index (χ0n) is 9.42. The number of alkyl halides is 1. The van der Waals surface area contributed by atoms with E-state index in [1.807, 2.05) is 30.3 Å². The zero-order valence-corrected chi connectivity index (χ0v) is 11.0. The maximum absolute atomic E-state index is 11.5. The van der Waals surface area contributed by atoms with Gasteiger partial charge in [-0.2, -0.15) is 0 Å². The van der Waals surface area contributed by atoms with Gasteiger partial charge in [-0.3, -0.25) is 4.79 Å². The lowest BCUT2D eigenvalue weighted by molar-refractivity contribution is -0.120. The van der Waals surface area contributed by atoms with Crippen molar-refractivity contribution < 1.29 is 4.79 Å². The highest BCUT2D eigenvalue weighted by molar-refractivity contribution is 9.09. The van der Waals surface area contributed by atoms with E-state index < -0.39 is 0 Å². The number of benzene rings is 1. The second kappa shape index (κ2) is 8.34. The van der Waals surface area contributed by atoms with Crippen LogP contribution >= 0.6 is 15.9 Å². The average molecular weight is 284 g/mol. The lowest BCUT2D eigenvalue weighted by atomic mass is 10.1. The molecular weight excluding hydrogens is 266 g/mol. The van der Waals surface area contributed by atoms with Crippen LogP contribution in [0.15, 0.2) is 30.3 Å².